The first kappa shape index (κ1) is 46.7. The number of carboxylic acid groups (broad SMARTS) is 1. The molecule has 4 saturated carbocycles. The second-order valence-corrected chi connectivity index (χ2v) is 22.7. The molecule has 6 rings (SSSR count). The number of hydrogen-bond acceptors (Lipinski definition) is 8. The number of halogens is 1. The summed E-state index contributed by atoms with van der Waals surface area (Å²) < 4.78 is 12.7. The zero-order valence-electron chi connectivity index (χ0n) is 38.8. The average Bonchev–Trinajstić information content (AvgIpc) is 3.45. The Morgan fingerprint density at radius 2 is 1.60 bits per heavy atom. The maximum absolute atomic E-state index is 14.6. The fourth-order valence-corrected chi connectivity index (χ4v) is 14.3. The number of hydrogen-bond donors (Lipinski definition) is 1. The Bertz CT molecular complexity index is 1870. The number of rotatable bonds is 14. The largest absolute Gasteiger partial charge is 0.481 e. The van der Waals surface area contributed by atoms with Gasteiger partial charge in [-0.05, 0) is 142 Å². The van der Waals surface area contributed by atoms with Crippen LogP contribution in [0.2, 0.25) is 5.02 Å². The maximum atomic E-state index is 14.6. The summed E-state index contributed by atoms with van der Waals surface area (Å²) in [5, 5.41) is 10.4. The number of nitrogens with zero attached hydrogens (tertiary/aromatic N) is 2. The van der Waals surface area contributed by atoms with Gasteiger partial charge in [0.2, 0.25) is 0 Å². The van der Waals surface area contributed by atoms with Crippen molar-refractivity contribution in [3.8, 4) is 0 Å². The molecule has 60 heavy (non-hydrogen) atoms. The molecule has 0 aliphatic heterocycles. The highest BCUT2D eigenvalue weighted by molar-refractivity contribution is 6.31. The van der Waals surface area contributed by atoms with E-state index in [0.29, 0.717) is 36.4 Å². The minimum absolute atomic E-state index is 0.00209. The van der Waals surface area contributed by atoms with Crippen LogP contribution in [0.4, 0.5) is 0 Å². The maximum Gasteiger partial charge on any atom is 0.309 e. The van der Waals surface area contributed by atoms with Crippen molar-refractivity contribution in [2.24, 2.45) is 56.2 Å². The van der Waals surface area contributed by atoms with Crippen LogP contribution in [-0.4, -0.2) is 84.5 Å². The summed E-state index contributed by atoms with van der Waals surface area (Å²) in [6.07, 6.45) is 7.04. The van der Waals surface area contributed by atoms with Crippen LogP contribution in [-0.2, 0) is 35.2 Å². The molecule has 334 valence electrons. The van der Waals surface area contributed by atoms with Gasteiger partial charge >= 0.3 is 17.9 Å². The number of ether oxygens (including phenoxy) is 2. The lowest BCUT2D eigenvalue weighted by atomic mass is 9.33. The quantitative estimate of drug-likeness (QED) is 0.183. The Morgan fingerprint density at radius 3 is 2.22 bits per heavy atom. The number of carboxylic acids is 1. The Labute approximate surface area is 365 Å². The predicted molar refractivity (Wildman–Crippen MR) is 236 cm³/mol. The third-order valence-electron chi connectivity index (χ3n) is 17.4. The molecule has 0 amide bonds. The fraction of sp³-hybridized carbons (Fsp3) is 0.760. The lowest BCUT2D eigenvalue weighted by Gasteiger charge is -2.72. The second-order valence-electron chi connectivity index (χ2n) is 22.3. The number of carbonyl (C=O) groups is 4. The number of allylic oxidation sites excluding steroid dienone is 1. The molecule has 0 radical (unpaired) electrons. The van der Waals surface area contributed by atoms with Crippen molar-refractivity contribution in [3.63, 3.8) is 0 Å². The molecule has 4 fully saturated rings. The summed E-state index contributed by atoms with van der Waals surface area (Å²) in [5.74, 6) is -0.492. The van der Waals surface area contributed by atoms with E-state index in [9.17, 15) is 24.3 Å². The summed E-state index contributed by atoms with van der Waals surface area (Å²) in [5.41, 5.74) is 1.21. The van der Waals surface area contributed by atoms with Crippen LogP contribution >= 0.6 is 11.6 Å². The summed E-state index contributed by atoms with van der Waals surface area (Å²) in [4.78, 5) is 57.4. The molecular weight excluding hydrogens is 776 g/mol. The zero-order valence-corrected chi connectivity index (χ0v) is 39.6. The van der Waals surface area contributed by atoms with Gasteiger partial charge in [-0.2, -0.15) is 0 Å². The molecule has 5 aliphatic carbocycles. The molecule has 5 aliphatic rings. The first-order valence-electron chi connectivity index (χ1n) is 22.8. The number of aliphatic carboxylic acids is 1. The van der Waals surface area contributed by atoms with Crippen molar-refractivity contribution >= 4 is 35.3 Å². The monoisotopic (exact) mass is 851 g/mol. The van der Waals surface area contributed by atoms with Crippen molar-refractivity contribution in [3.05, 3.63) is 46.0 Å². The second kappa shape index (κ2) is 16.7. The van der Waals surface area contributed by atoms with Crippen molar-refractivity contribution in [1.29, 1.82) is 0 Å². The molecule has 1 aromatic rings. The predicted octanol–water partition coefficient (Wildman–Crippen LogP) is 10.0. The van der Waals surface area contributed by atoms with Crippen molar-refractivity contribution < 1.29 is 33.8 Å². The number of benzene rings is 1. The van der Waals surface area contributed by atoms with E-state index in [4.69, 9.17) is 21.1 Å². The van der Waals surface area contributed by atoms with Crippen LogP contribution in [0.3, 0.4) is 0 Å². The van der Waals surface area contributed by atoms with Crippen LogP contribution in [0, 0.1) is 56.2 Å². The van der Waals surface area contributed by atoms with Crippen LogP contribution in [0.15, 0.2) is 35.4 Å². The normalized spacial score (nSPS) is 34.2. The topological polar surface area (TPSA) is 113 Å². The molecule has 0 spiro atoms. The molecule has 0 heterocycles. The van der Waals surface area contributed by atoms with Crippen molar-refractivity contribution in [2.45, 2.75) is 152 Å². The molecule has 9 nitrogen and oxygen atoms in total. The third-order valence-corrected chi connectivity index (χ3v) is 17.8. The smallest absolute Gasteiger partial charge is 0.309 e. The SMILES string of the molecule is CC(=O)O[C@H](CN(CCN(C)C)Cc1ccccc1Cl)C12CC[C@]3(C)[C@H](CCC4[C@@]5(C)CC[C@H](OC(=O)CC(C)(C)C(=O)O)C(C)(C)C5CC[C@]43C)C1=C(C(C)C)C(=O)C2. The Morgan fingerprint density at radius 1 is 0.917 bits per heavy atom. The van der Waals surface area contributed by atoms with Gasteiger partial charge in [0, 0.05) is 55.4 Å². The first-order chi connectivity index (χ1) is 27.8. The van der Waals surface area contributed by atoms with E-state index in [1.54, 1.807) is 13.8 Å². The van der Waals surface area contributed by atoms with Crippen LogP contribution < -0.4 is 0 Å². The van der Waals surface area contributed by atoms with Gasteiger partial charge in [-0.3, -0.25) is 24.1 Å². The van der Waals surface area contributed by atoms with E-state index in [-0.39, 0.29) is 57.8 Å². The molecular formula is C50H75ClN2O7. The molecule has 0 aromatic heterocycles. The highest BCUT2D eigenvalue weighted by Gasteiger charge is 2.71. The van der Waals surface area contributed by atoms with Gasteiger partial charge in [0.1, 0.15) is 12.2 Å². The van der Waals surface area contributed by atoms with Gasteiger partial charge < -0.3 is 19.5 Å². The summed E-state index contributed by atoms with van der Waals surface area (Å²) in [7, 11) is 4.14. The van der Waals surface area contributed by atoms with Gasteiger partial charge in [0.05, 0.1) is 11.8 Å². The number of likely N-dealkylation sites (N-methyl/N-ethyl adjacent to an activating group) is 1. The highest BCUT2D eigenvalue weighted by Crippen LogP contribution is 2.77. The molecule has 9 atom stereocenters. The van der Waals surface area contributed by atoms with Crippen LogP contribution in [0.1, 0.15) is 139 Å². The number of ketones is 1. The van der Waals surface area contributed by atoms with Gasteiger partial charge in [-0.1, -0.05) is 78.3 Å². The fourth-order valence-electron chi connectivity index (χ4n) is 14.1. The van der Waals surface area contributed by atoms with E-state index in [1.165, 1.54) is 12.5 Å². The number of carbonyl (C=O) groups excluding carboxylic acids is 3. The standard InChI is InChI=1S/C50H75ClN2O7/c1-31(2)42-36(55)27-50(40(59-32(3)54)30-53(26-25-52(11)12)29-33-15-13-14-16-35(33)51)24-23-48(9)34(43(42)50)17-18-38-47(8)21-20-39(60-41(56)28-45(4,5)44(57)58)46(6,7)37(47)19-22-49(38,48)10/h13-16,31,34,37-40H,17-30H2,1-12H3,(H,57,58)/t34-,37?,38?,39+,40-,47+,48-,49-,50?/m1/s1. The third kappa shape index (κ3) is 8.04. The average molecular weight is 852 g/mol. The first-order valence-corrected chi connectivity index (χ1v) is 23.2. The van der Waals surface area contributed by atoms with E-state index in [0.717, 1.165) is 75.6 Å². The van der Waals surface area contributed by atoms with E-state index < -0.39 is 28.9 Å². The summed E-state index contributed by atoms with van der Waals surface area (Å²) >= 11 is 6.74. The number of fused-ring (bicyclic) bond motifs is 7. The van der Waals surface area contributed by atoms with Crippen molar-refractivity contribution in [2.75, 3.05) is 33.7 Å². The molecule has 0 bridgehead atoms. The molecule has 0 saturated heterocycles. The Kier molecular flexibility index (Phi) is 13.0. The molecule has 1 N–H and O–H groups in total. The molecule has 1 aromatic carbocycles. The minimum atomic E-state index is -1.18. The minimum Gasteiger partial charge on any atom is -0.481 e. The highest BCUT2D eigenvalue weighted by atomic mass is 35.5. The summed E-state index contributed by atoms with van der Waals surface area (Å²) in [6, 6.07) is 7.95. The zero-order chi connectivity index (χ0) is 44.4. The van der Waals surface area contributed by atoms with Gasteiger partial charge in [-0.15, -0.1) is 0 Å². The molecule has 3 unspecified atom stereocenters. The molecule has 10 heteroatoms. The number of Topliss-reactive ketones (excluding diaryl/α,β-unsaturated/α-hetero) is 1. The van der Waals surface area contributed by atoms with Gasteiger partial charge in [0.15, 0.2) is 5.78 Å². The van der Waals surface area contributed by atoms with E-state index in [2.05, 4.69) is 78.4 Å². The lowest BCUT2D eigenvalue weighted by molar-refractivity contribution is -0.235. The lowest BCUT2D eigenvalue weighted by Crippen LogP contribution is -2.66. The van der Waals surface area contributed by atoms with Crippen LogP contribution in [0.5, 0.6) is 0 Å². The Balaban J connectivity index is 1.34. The van der Waals surface area contributed by atoms with E-state index in [1.807, 2.05) is 18.2 Å². The van der Waals surface area contributed by atoms with Crippen LogP contribution in [0.25, 0.3) is 0 Å². The van der Waals surface area contributed by atoms with E-state index >= 15 is 0 Å². The van der Waals surface area contributed by atoms with Crippen molar-refractivity contribution in [1.82, 2.24) is 9.80 Å². The summed E-state index contributed by atoms with van der Waals surface area (Å²) in [6.45, 7) is 23.9. The number of esters is 2. The Hall–Kier alpha value is -2.75. The van der Waals surface area contributed by atoms with Gasteiger partial charge in [-0.25, -0.2) is 0 Å². The van der Waals surface area contributed by atoms with Gasteiger partial charge in [0.25, 0.3) is 0 Å².